The van der Waals surface area contributed by atoms with Gasteiger partial charge in [-0.1, -0.05) is 11.3 Å². The second-order valence-electron chi connectivity index (χ2n) is 6.61. The van der Waals surface area contributed by atoms with Crippen molar-refractivity contribution in [1.82, 2.24) is 34.9 Å². The van der Waals surface area contributed by atoms with Gasteiger partial charge in [-0.15, -0.1) is 25.5 Å². The number of nitrogens with zero attached hydrogens (tertiary/aromatic N) is 8. The van der Waals surface area contributed by atoms with Gasteiger partial charge in [0.15, 0.2) is 5.65 Å². The Morgan fingerprint density at radius 3 is 2.92 bits per heavy atom. The molecule has 0 bridgehead atoms. The van der Waals surface area contributed by atoms with E-state index in [9.17, 15) is 0 Å². The van der Waals surface area contributed by atoms with Crippen LogP contribution in [0.3, 0.4) is 0 Å². The Morgan fingerprint density at radius 1 is 1.21 bits per heavy atom. The van der Waals surface area contributed by atoms with Gasteiger partial charge in [-0.2, -0.15) is 4.52 Å². The minimum Gasteiger partial charge on any atom is -0.352 e. The van der Waals surface area contributed by atoms with E-state index in [2.05, 4.69) is 42.3 Å². The molecule has 24 heavy (non-hydrogen) atoms. The third-order valence-electron chi connectivity index (χ3n) is 4.75. The minimum absolute atomic E-state index is 0.525. The van der Waals surface area contributed by atoms with Crippen LogP contribution >= 0.6 is 11.3 Å². The van der Waals surface area contributed by atoms with Gasteiger partial charge < -0.3 is 4.90 Å². The van der Waals surface area contributed by atoms with Gasteiger partial charge in [0, 0.05) is 25.0 Å². The highest BCUT2D eigenvalue weighted by atomic mass is 32.1. The molecule has 2 fully saturated rings. The predicted octanol–water partition coefficient (Wildman–Crippen LogP) is 1.17. The van der Waals surface area contributed by atoms with Crippen LogP contribution in [0.2, 0.25) is 0 Å². The van der Waals surface area contributed by atoms with Crippen molar-refractivity contribution in [3.8, 4) is 0 Å². The molecule has 0 spiro atoms. The Bertz CT molecular complexity index is 863. The average Bonchev–Trinajstić information content (AvgIpc) is 3.09. The van der Waals surface area contributed by atoms with Gasteiger partial charge in [-0.25, -0.2) is 0 Å². The molecular weight excluding hydrogens is 324 g/mol. The van der Waals surface area contributed by atoms with Gasteiger partial charge in [-0.3, -0.25) is 4.90 Å². The molecule has 3 aromatic heterocycles. The van der Waals surface area contributed by atoms with Crippen LogP contribution in [0, 0.1) is 0 Å². The van der Waals surface area contributed by atoms with Crippen molar-refractivity contribution in [2.75, 3.05) is 25.0 Å². The zero-order valence-electron chi connectivity index (χ0n) is 13.4. The van der Waals surface area contributed by atoms with Gasteiger partial charge in [0.1, 0.15) is 22.2 Å². The predicted molar refractivity (Wildman–Crippen MR) is 90.1 cm³/mol. The van der Waals surface area contributed by atoms with Crippen LogP contribution in [0.15, 0.2) is 18.5 Å². The third kappa shape index (κ3) is 2.53. The summed E-state index contributed by atoms with van der Waals surface area (Å²) in [5.74, 6) is 1.67. The number of hydrogen-bond donors (Lipinski definition) is 0. The molecule has 0 atom stereocenters. The van der Waals surface area contributed by atoms with E-state index in [1.54, 1.807) is 22.2 Å². The van der Waals surface area contributed by atoms with E-state index in [0.717, 1.165) is 36.1 Å². The highest BCUT2D eigenvalue weighted by molar-refractivity contribution is 7.11. The fraction of sp³-hybridized carbons (Fsp3) is 0.533. The lowest BCUT2D eigenvalue weighted by Gasteiger charge is -2.44. The van der Waals surface area contributed by atoms with Crippen LogP contribution < -0.4 is 4.90 Å². The van der Waals surface area contributed by atoms with Crippen LogP contribution in [0.5, 0.6) is 0 Å². The first kappa shape index (κ1) is 14.2. The van der Waals surface area contributed by atoms with E-state index in [1.165, 1.54) is 17.8 Å². The minimum atomic E-state index is 0.525. The maximum absolute atomic E-state index is 4.54. The van der Waals surface area contributed by atoms with Gasteiger partial charge in [-0.05, 0) is 32.0 Å². The largest absolute Gasteiger partial charge is 0.352 e. The maximum Gasteiger partial charge on any atom is 0.177 e. The molecular formula is C15H18N8S. The van der Waals surface area contributed by atoms with Gasteiger partial charge >= 0.3 is 0 Å². The fourth-order valence-corrected chi connectivity index (χ4v) is 4.05. The van der Waals surface area contributed by atoms with Gasteiger partial charge in [0.2, 0.25) is 0 Å². The summed E-state index contributed by atoms with van der Waals surface area (Å²) in [6, 6.07) is 4.48. The summed E-state index contributed by atoms with van der Waals surface area (Å²) in [6.45, 7) is 2.83. The van der Waals surface area contributed by atoms with E-state index in [-0.39, 0.29) is 0 Å². The molecule has 1 aliphatic heterocycles. The Kier molecular flexibility index (Phi) is 3.23. The summed E-state index contributed by atoms with van der Waals surface area (Å²) >= 11 is 1.78. The molecule has 1 aliphatic carbocycles. The first-order chi connectivity index (χ1) is 11.8. The summed E-state index contributed by atoms with van der Waals surface area (Å²) in [5, 5.41) is 23.4. The average molecular weight is 342 g/mol. The zero-order chi connectivity index (χ0) is 16.1. The molecule has 124 valence electrons. The lowest BCUT2D eigenvalue weighted by atomic mass is 10.1. The number of likely N-dealkylation sites (N-methyl/N-ethyl adjacent to an activating group) is 1. The van der Waals surface area contributed by atoms with Crippen molar-refractivity contribution in [2.45, 2.75) is 31.3 Å². The van der Waals surface area contributed by atoms with Crippen LogP contribution in [0.1, 0.15) is 28.8 Å². The Morgan fingerprint density at radius 2 is 2.08 bits per heavy atom. The molecule has 3 aromatic rings. The van der Waals surface area contributed by atoms with Crippen molar-refractivity contribution in [3.05, 3.63) is 28.5 Å². The first-order valence-corrected chi connectivity index (χ1v) is 9.02. The van der Waals surface area contributed by atoms with Crippen molar-refractivity contribution in [1.29, 1.82) is 0 Å². The van der Waals surface area contributed by atoms with Gasteiger partial charge in [0.05, 0.1) is 6.54 Å². The molecule has 0 amide bonds. The quantitative estimate of drug-likeness (QED) is 0.689. The molecule has 9 heteroatoms. The zero-order valence-corrected chi connectivity index (χ0v) is 14.2. The van der Waals surface area contributed by atoms with Crippen molar-refractivity contribution in [2.24, 2.45) is 0 Å². The van der Waals surface area contributed by atoms with E-state index in [1.807, 2.05) is 12.1 Å². The van der Waals surface area contributed by atoms with Crippen LogP contribution in [0.4, 0.5) is 5.82 Å². The fourth-order valence-electron chi connectivity index (χ4n) is 2.98. The van der Waals surface area contributed by atoms with Gasteiger partial charge in [0.25, 0.3) is 0 Å². The summed E-state index contributed by atoms with van der Waals surface area (Å²) in [7, 11) is 2.16. The Balaban J connectivity index is 1.20. The van der Waals surface area contributed by atoms with Crippen molar-refractivity contribution in [3.63, 3.8) is 0 Å². The molecule has 4 heterocycles. The smallest absolute Gasteiger partial charge is 0.177 e. The topological polar surface area (TPSA) is 75.3 Å². The Hall–Kier alpha value is -2.13. The monoisotopic (exact) mass is 342 g/mol. The summed E-state index contributed by atoms with van der Waals surface area (Å²) in [6.07, 6.45) is 4.20. The van der Waals surface area contributed by atoms with Crippen molar-refractivity contribution >= 4 is 22.8 Å². The first-order valence-electron chi connectivity index (χ1n) is 8.21. The Labute approximate surface area is 143 Å². The standard InChI is InChI=1S/C15H18N8S/c1-21(8-14-18-19-15(24-14)10-2-3-10)11-6-22(7-11)13-5-4-12-17-16-9-23(12)20-13/h4-5,9-11H,2-3,6-8H2,1H3. The summed E-state index contributed by atoms with van der Waals surface area (Å²) < 4.78 is 1.72. The normalized spacial score (nSPS) is 18.5. The van der Waals surface area contributed by atoms with E-state index < -0.39 is 0 Å². The number of anilines is 1. The number of hydrogen-bond acceptors (Lipinski definition) is 8. The molecule has 0 aromatic carbocycles. The van der Waals surface area contributed by atoms with E-state index in [4.69, 9.17) is 0 Å². The molecule has 0 unspecified atom stereocenters. The van der Waals surface area contributed by atoms with Crippen LogP contribution in [0.25, 0.3) is 5.65 Å². The lowest BCUT2D eigenvalue weighted by molar-refractivity contribution is 0.196. The lowest BCUT2D eigenvalue weighted by Crippen LogP contribution is -2.58. The van der Waals surface area contributed by atoms with Crippen LogP contribution in [-0.2, 0) is 6.54 Å². The highest BCUT2D eigenvalue weighted by Gasteiger charge is 2.32. The highest BCUT2D eigenvalue weighted by Crippen LogP contribution is 2.41. The summed E-state index contributed by atoms with van der Waals surface area (Å²) in [5.41, 5.74) is 0.774. The van der Waals surface area contributed by atoms with E-state index in [0.29, 0.717) is 12.0 Å². The SMILES string of the molecule is CN(Cc1nnc(C2CC2)s1)C1CN(c2ccc3nncn3n2)C1. The number of aromatic nitrogens is 6. The molecule has 8 nitrogen and oxygen atoms in total. The third-order valence-corrected chi connectivity index (χ3v) is 5.82. The maximum atomic E-state index is 4.54. The molecule has 0 N–H and O–H groups in total. The molecule has 5 rings (SSSR count). The molecule has 1 saturated carbocycles. The van der Waals surface area contributed by atoms with E-state index >= 15 is 0 Å². The second-order valence-corrected chi connectivity index (χ2v) is 7.70. The molecule has 2 aliphatic rings. The van der Waals surface area contributed by atoms with Crippen LogP contribution in [-0.4, -0.2) is 61.1 Å². The molecule has 1 saturated heterocycles. The van der Waals surface area contributed by atoms with Crippen molar-refractivity contribution < 1.29 is 0 Å². The number of rotatable bonds is 5. The number of fused-ring (bicyclic) bond motifs is 1. The molecule has 0 radical (unpaired) electrons. The summed E-state index contributed by atoms with van der Waals surface area (Å²) in [4.78, 5) is 4.64. The second kappa shape index (κ2) is 5.45.